The van der Waals surface area contributed by atoms with Crippen molar-refractivity contribution in [2.75, 3.05) is 9.80 Å². The Labute approximate surface area is 275 Å². The minimum absolute atomic E-state index is 0.0610. The molecule has 0 unspecified atom stereocenters. The van der Waals surface area contributed by atoms with Gasteiger partial charge in [-0.2, -0.15) is 23.5 Å². The zero-order valence-electron chi connectivity index (χ0n) is 26.4. The highest BCUT2D eigenvalue weighted by Gasteiger charge is 2.41. The molecule has 0 spiro atoms. The number of amides is 4. The lowest BCUT2D eigenvalue weighted by Gasteiger charge is -2.32. The maximum Gasteiger partial charge on any atom is 0.265 e. The molecule has 4 aromatic carbocycles. The summed E-state index contributed by atoms with van der Waals surface area (Å²) in [5, 5.41) is 21.5. The van der Waals surface area contributed by atoms with Gasteiger partial charge in [0.15, 0.2) is 0 Å². The second-order valence-electron chi connectivity index (χ2n) is 13.4. The molecule has 0 bridgehead atoms. The van der Waals surface area contributed by atoms with Gasteiger partial charge in [-0.3, -0.25) is 19.2 Å². The van der Waals surface area contributed by atoms with E-state index >= 15 is 0 Å². The minimum atomic E-state index is -0.580. The van der Waals surface area contributed by atoms with Gasteiger partial charge in [0.2, 0.25) is 0 Å². The molecule has 0 saturated heterocycles. The molecule has 2 heterocycles. The van der Waals surface area contributed by atoms with Crippen molar-refractivity contribution >= 4 is 69.3 Å². The van der Waals surface area contributed by atoms with E-state index in [1.165, 1.54) is 48.5 Å². The molecule has 0 atom stereocenters. The maximum atomic E-state index is 13.9. The first kappa shape index (κ1) is 31.7. The van der Waals surface area contributed by atoms with E-state index in [1.807, 2.05) is 0 Å². The number of imide groups is 2. The number of carbonyl (C=O) groups is 4. The number of benzene rings is 4. The standard InChI is InChI=1S/C36H34N2O6S2/c1-35(2,3)45-17-19-15-21(7-13-27(19)39)37-31(41)23-9-11-25-30-26(12-10-24(29(23)30)32(37)42)34(44)38(33(25)43)22-8-14-28(40)20(16-22)18-46-36(4,5)6/h7-16,39-40H,17-18H2,1-6H3. The zero-order chi connectivity index (χ0) is 33.3. The fraction of sp³-hybridized carbons (Fsp3) is 0.278. The van der Waals surface area contributed by atoms with Gasteiger partial charge in [0, 0.05) is 65.2 Å². The van der Waals surface area contributed by atoms with Gasteiger partial charge in [-0.15, -0.1) is 0 Å². The molecular weight excluding hydrogens is 621 g/mol. The predicted molar refractivity (Wildman–Crippen MR) is 185 cm³/mol. The molecule has 0 radical (unpaired) electrons. The third-order valence-electron chi connectivity index (χ3n) is 7.86. The number of aromatic hydroxyl groups is 2. The SMILES string of the molecule is CC(C)(C)SCc1cc(N2C(=O)c3ccc4c5c(ccc(c35)C2=O)C(=O)N(c2ccc(O)c(CSC(C)(C)C)c2)C4=O)ccc1O. The van der Waals surface area contributed by atoms with Crippen LogP contribution >= 0.6 is 23.5 Å². The van der Waals surface area contributed by atoms with Gasteiger partial charge in [-0.05, 0) is 60.7 Å². The molecule has 2 aliphatic rings. The fourth-order valence-corrected chi connectivity index (χ4v) is 7.22. The molecule has 236 valence electrons. The van der Waals surface area contributed by atoms with E-state index in [4.69, 9.17) is 0 Å². The van der Waals surface area contributed by atoms with E-state index in [0.717, 1.165) is 9.80 Å². The third-order valence-corrected chi connectivity index (χ3v) is 10.5. The Morgan fingerprint density at radius 2 is 0.826 bits per heavy atom. The average molecular weight is 655 g/mol. The number of thioether (sulfide) groups is 2. The van der Waals surface area contributed by atoms with Crippen molar-refractivity contribution in [3.05, 3.63) is 94.0 Å². The van der Waals surface area contributed by atoms with Crippen LogP contribution in [0.4, 0.5) is 11.4 Å². The molecule has 0 saturated carbocycles. The number of nitrogens with zero attached hydrogens (tertiary/aromatic N) is 2. The molecule has 2 N–H and O–H groups in total. The zero-order valence-corrected chi connectivity index (χ0v) is 28.1. The summed E-state index contributed by atoms with van der Waals surface area (Å²) in [4.78, 5) is 57.9. The second kappa shape index (κ2) is 11.2. The van der Waals surface area contributed by atoms with Crippen LogP contribution in [0.1, 0.15) is 94.1 Å². The van der Waals surface area contributed by atoms with Crippen molar-refractivity contribution in [3.63, 3.8) is 0 Å². The summed E-state index contributed by atoms with van der Waals surface area (Å²) < 4.78 is -0.122. The summed E-state index contributed by atoms with van der Waals surface area (Å²) in [6.07, 6.45) is 0. The molecule has 2 aliphatic heterocycles. The van der Waals surface area contributed by atoms with E-state index in [0.29, 0.717) is 34.0 Å². The summed E-state index contributed by atoms with van der Waals surface area (Å²) in [5.41, 5.74) is 2.65. The molecule has 8 nitrogen and oxygen atoms in total. The van der Waals surface area contributed by atoms with Crippen molar-refractivity contribution in [1.29, 1.82) is 0 Å². The number of phenols is 2. The number of hydrogen-bond donors (Lipinski definition) is 2. The lowest BCUT2D eigenvalue weighted by Crippen LogP contribution is -2.43. The Balaban J connectivity index is 1.40. The van der Waals surface area contributed by atoms with Crippen LogP contribution in [0.15, 0.2) is 60.7 Å². The Kier molecular flexibility index (Phi) is 7.72. The second-order valence-corrected chi connectivity index (χ2v) is 17.0. The molecule has 4 aromatic rings. The van der Waals surface area contributed by atoms with Gasteiger partial charge in [0.1, 0.15) is 11.5 Å². The highest BCUT2D eigenvalue weighted by molar-refractivity contribution is 8.00. The smallest absolute Gasteiger partial charge is 0.265 e. The van der Waals surface area contributed by atoms with E-state index < -0.39 is 23.6 Å². The molecule has 46 heavy (non-hydrogen) atoms. The quantitative estimate of drug-likeness (QED) is 0.202. The van der Waals surface area contributed by atoms with Gasteiger partial charge in [-0.1, -0.05) is 41.5 Å². The van der Waals surface area contributed by atoms with Crippen LogP contribution < -0.4 is 9.80 Å². The normalized spacial score (nSPS) is 14.9. The van der Waals surface area contributed by atoms with Gasteiger partial charge in [0.25, 0.3) is 23.6 Å². The summed E-state index contributed by atoms with van der Waals surface area (Å²) >= 11 is 3.26. The summed E-state index contributed by atoms with van der Waals surface area (Å²) in [6.45, 7) is 12.4. The molecule has 10 heteroatoms. The number of anilines is 2. The van der Waals surface area contributed by atoms with Crippen molar-refractivity contribution in [3.8, 4) is 11.5 Å². The highest BCUT2D eigenvalue weighted by Crippen LogP contribution is 2.42. The van der Waals surface area contributed by atoms with E-state index in [2.05, 4.69) is 41.5 Å². The number of rotatable bonds is 6. The molecule has 6 rings (SSSR count). The van der Waals surface area contributed by atoms with Crippen molar-refractivity contribution in [1.82, 2.24) is 0 Å². The van der Waals surface area contributed by atoms with Crippen molar-refractivity contribution in [2.24, 2.45) is 0 Å². The summed E-state index contributed by atoms with van der Waals surface area (Å²) in [6, 6.07) is 15.4. The molecule has 0 aliphatic carbocycles. The van der Waals surface area contributed by atoms with Gasteiger partial charge in [0.05, 0.1) is 11.4 Å². The van der Waals surface area contributed by atoms with Crippen LogP contribution in [-0.4, -0.2) is 43.3 Å². The van der Waals surface area contributed by atoms with Gasteiger partial charge < -0.3 is 10.2 Å². The Bertz CT molecular complexity index is 1780. The van der Waals surface area contributed by atoms with Crippen molar-refractivity contribution in [2.45, 2.75) is 62.5 Å². The first-order valence-corrected chi connectivity index (χ1v) is 16.8. The minimum Gasteiger partial charge on any atom is -0.508 e. The first-order valence-electron chi connectivity index (χ1n) is 14.8. The van der Waals surface area contributed by atoms with Crippen LogP contribution in [0.3, 0.4) is 0 Å². The topological polar surface area (TPSA) is 115 Å². The Hall–Kier alpha value is -4.28. The fourth-order valence-electron chi connectivity index (χ4n) is 5.59. The Morgan fingerprint density at radius 1 is 0.522 bits per heavy atom. The average Bonchev–Trinajstić information content (AvgIpc) is 2.98. The third kappa shape index (κ3) is 5.54. The monoisotopic (exact) mass is 654 g/mol. The van der Waals surface area contributed by atoms with Crippen LogP contribution in [0.25, 0.3) is 10.8 Å². The molecule has 0 aromatic heterocycles. The largest absolute Gasteiger partial charge is 0.508 e. The van der Waals surface area contributed by atoms with E-state index in [9.17, 15) is 29.4 Å². The highest BCUT2D eigenvalue weighted by atomic mass is 32.2. The number of hydrogen-bond acceptors (Lipinski definition) is 8. The summed E-state index contributed by atoms with van der Waals surface area (Å²) in [5.74, 6) is -1.20. The van der Waals surface area contributed by atoms with Gasteiger partial charge in [-0.25, -0.2) is 9.80 Å². The van der Waals surface area contributed by atoms with Crippen LogP contribution in [0.2, 0.25) is 0 Å². The van der Waals surface area contributed by atoms with Crippen LogP contribution in [0.5, 0.6) is 11.5 Å². The Morgan fingerprint density at radius 3 is 1.11 bits per heavy atom. The van der Waals surface area contributed by atoms with Crippen molar-refractivity contribution < 1.29 is 29.4 Å². The number of phenolic OH excluding ortho intramolecular Hbond substituents is 2. The van der Waals surface area contributed by atoms with E-state index in [-0.39, 0.29) is 54.0 Å². The lowest BCUT2D eigenvalue weighted by molar-refractivity contribution is 0.0873. The number of carbonyl (C=O) groups excluding carboxylic acids is 4. The summed E-state index contributed by atoms with van der Waals surface area (Å²) in [7, 11) is 0. The van der Waals surface area contributed by atoms with Crippen LogP contribution in [-0.2, 0) is 11.5 Å². The molecule has 0 fully saturated rings. The molecule has 4 amide bonds. The van der Waals surface area contributed by atoms with E-state index in [1.54, 1.807) is 35.7 Å². The maximum absolute atomic E-state index is 13.9. The van der Waals surface area contributed by atoms with Gasteiger partial charge >= 0.3 is 0 Å². The predicted octanol–water partition coefficient (Wildman–Crippen LogP) is 7.92. The lowest BCUT2D eigenvalue weighted by atomic mass is 9.85. The first-order chi connectivity index (χ1) is 21.6. The molecular formula is C36H34N2O6S2. The van der Waals surface area contributed by atoms with Crippen LogP contribution in [0, 0.1) is 0 Å².